The molecule has 1 atom stereocenters. The smallest absolute Gasteiger partial charge is 0.316 e. The molecule has 2 rings (SSSR count). The molecule has 0 radical (unpaired) electrons. The van der Waals surface area contributed by atoms with E-state index in [4.69, 9.17) is 14.2 Å². The number of thioether (sulfide) groups is 1. The number of aliphatic imine (C=N–C) groups is 1. The summed E-state index contributed by atoms with van der Waals surface area (Å²) in [5, 5.41) is 29.2. The molecule has 164 valence electrons. The molecule has 0 amide bonds. The van der Waals surface area contributed by atoms with E-state index in [1.807, 2.05) is 18.2 Å². The maximum Gasteiger partial charge on any atom is 0.316 e. The number of methoxy groups -OCH3 is 1. The highest BCUT2D eigenvalue weighted by atomic mass is 32.2. The summed E-state index contributed by atoms with van der Waals surface area (Å²) in [6.07, 6.45) is 1.43. The highest BCUT2D eigenvalue weighted by molar-refractivity contribution is 8.00. The summed E-state index contributed by atoms with van der Waals surface area (Å²) in [5.41, 5.74) is 0.154. The highest BCUT2D eigenvalue weighted by Gasteiger charge is 2.51. The first-order valence-electron chi connectivity index (χ1n) is 9.40. The third-order valence-corrected chi connectivity index (χ3v) is 5.50. The Balaban J connectivity index is 2.78. The number of esters is 1. The first-order valence-corrected chi connectivity index (χ1v) is 10.4. The average molecular weight is 452 g/mol. The van der Waals surface area contributed by atoms with Crippen LogP contribution >= 0.6 is 11.8 Å². The van der Waals surface area contributed by atoms with Crippen LogP contribution < -0.4 is 4.74 Å². The van der Waals surface area contributed by atoms with Gasteiger partial charge < -0.3 is 19.1 Å². The van der Waals surface area contributed by atoms with Gasteiger partial charge in [-0.25, -0.2) is 4.99 Å². The fourth-order valence-corrected chi connectivity index (χ4v) is 4.05. The molecule has 0 bridgehead atoms. The fourth-order valence-electron chi connectivity index (χ4n) is 2.86. The number of ether oxygens (including phenoxy) is 3. The Morgan fingerprint density at radius 2 is 1.91 bits per heavy atom. The first-order chi connectivity index (χ1) is 15.4. The van der Waals surface area contributed by atoms with E-state index >= 15 is 0 Å². The number of benzene rings is 1. The second-order valence-corrected chi connectivity index (χ2v) is 7.67. The van der Waals surface area contributed by atoms with E-state index in [2.05, 4.69) is 4.99 Å². The Morgan fingerprint density at radius 3 is 2.41 bits per heavy atom. The van der Waals surface area contributed by atoms with Crippen LogP contribution in [0.1, 0.15) is 12.5 Å². The molecule has 0 aromatic heterocycles. The molecule has 1 aromatic carbocycles. The molecular formula is C22H21N5O4S. The van der Waals surface area contributed by atoms with Crippen LogP contribution in [0.4, 0.5) is 0 Å². The van der Waals surface area contributed by atoms with E-state index in [0.29, 0.717) is 11.3 Å². The molecule has 9 nitrogen and oxygen atoms in total. The summed E-state index contributed by atoms with van der Waals surface area (Å²) < 4.78 is 16.4. The van der Waals surface area contributed by atoms with Gasteiger partial charge in [0.2, 0.25) is 10.8 Å². The van der Waals surface area contributed by atoms with Gasteiger partial charge in [0.15, 0.2) is 0 Å². The molecule has 10 heteroatoms. The van der Waals surface area contributed by atoms with Crippen LogP contribution in [0.3, 0.4) is 0 Å². The van der Waals surface area contributed by atoms with Crippen molar-refractivity contribution in [3.05, 3.63) is 52.4 Å². The molecule has 0 saturated heterocycles. The van der Waals surface area contributed by atoms with E-state index in [9.17, 15) is 20.6 Å². The highest BCUT2D eigenvalue weighted by Crippen LogP contribution is 2.54. The van der Waals surface area contributed by atoms with Gasteiger partial charge in [-0.15, -0.1) is 0 Å². The predicted molar refractivity (Wildman–Crippen MR) is 118 cm³/mol. The Labute approximate surface area is 190 Å². The van der Waals surface area contributed by atoms with Crippen molar-refractivity contribution in [3.63, 3.8) is 0 Å². The molecule has 0 N–H and O–H groups in total. The minimum atomic E-state index is -1.55. The number of nitrogens with zero attached hydrogens (tertiary/aromatic N) is 5. The topological polar surface area (TPSA) is 132 Å². The number of hydrogen-bond acceptors (Lipinski definition) is 9. The Kier molecular flexibility index (Phi) is 8.29. The van der Waals surface area contributed by atoms with Gasteiger partial charge >= 0.3 is 5.97 Å². The van der Waals surface area contributed by atoms with Crippen LogP contribution in [0.5, 0.6) is 5.75 Å². The summed E-state index contributed by atoms with van der Waals surface area (Å²) >= 11 is 0.992. The molecular weight excluding hydrogens is 430 g/mol. The zero-order valence-corrected chi connectivity index (χ0v) is 18.9. The van der Waals surface area contributed by atoms with Gasteiger partial charge in [0.25, 0.3) is 0 Å². The number of carbonyl (C=O) groups is 1. The monoisotopic (exact) mass is 451 g/mol. The summed E-state index contributed by atoms with van der Waals surface area (Å²) in [4.78, 5) is 16.5. The minimum absolute atomic E-state index is 0.0374. The molecule has 1 aromatic rings. The zero-order valence-electron chi connectivity index (χ0n) is 18.1. The Morgan fingerprint density at radius 1 is 1.25 bits per heavy atom. The second-order valence-electron chi connectivity index (χ2n) is 6.51. The maximum absolute atomic E-state index is 12.2. The second kappa shape index (κ2) is 10.9. The normalized spacial score (nSPS) is 17.2. The van der Waals surface area contributed by atoms with Crippen molar-refractivity contribution in [2.24, 2.45) is 4.99 Å². The number of carbonyl (C=O) groups excluding carboxylic acids is 1. The van der Waals surface area contributed by atoms with Crippen molar-refractivity contribution in [1.82, 2.24) is 4.90 Å². The number of hydrogen-bond donors (Lipinski definition) is 0. The summed E-state index contributed by atoms with van der Waals surface area (Å²) in [6, 6.07) is 12.4. The van der Waals surface area contributed by atoms with Crippen molar-refractivity contribution in [2.75, 3.05) is 33.6 Å². The first kappa shape index (κ1) is 24.3. The standard InChI is InChI=1S/C22H21N5O4S/c1-5-30-19(28)13-32-22(16-6-8-17(29-4)9-7-16)20(15(10-23)11-24)18(12-25)21(31-22)26-14-27(2)3/h6-9,14H,5,13H2,1-4H3. The van der Waals surface area contributed by atoms with E-state index < -0.39 is 10.9 Å². The van der Waals surface area contributed by atoms with Crippen LogP contribution in [-0.2, 0) is 19.2 Å². The molecule has 0 saturated carbocycles. The third kappa shape index (κ3) is 5.03. The summed E-state index contributed by atoms with van der Waals surface area (Å²) in [5.74, 6) is -0.154. The van der Waals surface area contributed by atoms with E-state index in [1.165, 1.54) is 13.4 Å². The summed E-state index contributed by atoms with van der Waals surface area (Å²) in [7, 11) is 5.00. The maximum atomic E-state index is 12.2. The van der Waals surface area contributed by atoms with Gasteiger partial charge in [-0.05, 0) is 19.1 Å². The van der Waals surface area contributed by atoms with Crippen molar-refractivity contribution < 1.29 is 19.0 Å². The van der Waals surface area contributed by atoms with Gasteiger partial charge in [-0.1, -0.05) is 23.9 Å². The summed E-state index contributed by atoms with van der Waals surface area (Å²) in [6.45, 7) is 1.88. The Hall–Kier alpha value is -3.94. The third-order valence-electron chi connectivity index (χ3n) is 4.19. The van der Waals surface area contributed by atoms with E-state index in [0.717, 1.165) is 11.8 Å². The van der Waals surface area contributed by atoms with Crippen LogP contribution in [0.15, 0.2) is 51.9 Å². The van der Waals surface area contributed by atoms with Gasteiger partial charge in [-0.3, -0.25) is 4.79 Å². The number of allylic oxidation sites excluding steroid dienone is 1. The number of nitriles is 3. The lowest BCUT2D eigenvalue weighted by molar-refractivity contribution is -0.139. The van der Waals surface area contributed by atoms with E-state index in [1.54, 1.807) is 50.2 Å². The van der Waals surface area contributed by atoms with Gasteiger partial charge in [0, 0.05) is 19.7 Å². The molecule has 1 heterocycles. The Bertz CT molecular complexity index is 1070. The molecule has 32 heavy (non-hydrogen) atoms. The van der Waals surface area contributed by atoms with Crippen molar-refractivity contribution in [2.45, 2.75) is 11.9 Å². The zero-order chi connectivity index (χ0) is 23.7. The molecule has 0 aliphatic carbocycles. The molecule has 0 fully saturated rings. The lowest BCUT2D eigenvalue weighted by Crippen LogP contribution is -2.27. The quantitative estimate of drug-likeness (QED) is 0.253. The average Bonchev–Trinajstić information content (AvgIpc) is 3.12. The van der Waals surface area contributed by atoms with E-state index in [-0.39, 0.29) is 35.0 Å². The van der Waals surface area contributed by atoms with Crippen molar-refractivity contribution in [3.8, 4) is 24.0 Å². The van der Waals surface area contributed by atoms with Crippen LogP contribution in [0.25, 0.3) is 0 Å². The predicted octanol–water partition coefficient (Wildman–Crippen LogP) is 2.84. The largest absolute Gasteiger partial charge is 0.497 e. The molecule has 1 aliphatic rings. The molecule has 0 spiro atoms. The lowest BCUT2D eigenvalue weighted by atomic mass is 9.93. The lowest BCUT2D eigenvalue weighted by Gasteiger charge is -2.30. The van der Waals surface area contributed by atoms with Crippen molar-refractivity contribution >= 4 is 24.1 Å². The van der Waals surface area contributed by atoms with Gasteiger partial charge in [-0.2, -0.15) is 15.8 Å². The van der Waals surface area contributed by atoms with Crippen LogP contribution in [-0.4, -0.2) is 50.8 Å². The SMILES string of the molecule is CCOC(=O)CSC1(c2ccc(OC)cc2)OC(N=CN(C)C)=C(C#N)C1=C(C#N)C#N. The molecule has 1 aliphatic heterocycles. The number of rotatable bonds is 8. The van der Waals surface area contributed by atoms with Crippen LogP contribution in [0.2, 0.25) is 0 Å². The van der Waals surface area contributed by atoms with Gasteiger partial charge in [0.05, 0.1) is 31.4 Å². The molecule has 1 unspecified atom stereocenters. The van der Waals surface area contributed by atoms with Crippen molar-refractivity contribution in [1.29, 1.82) is 15.8 Å². The van der Waals surface area contributed by atoms with Gasteiger partial charge in [0.1, 0.15) is 35.1 Å². The minimum Gasteiger partial charge on any atom is -0.497 e. The fraction of sp³-hybridized carbons (Fsp3) is 0.318. The van der Waals surface area contributed by atoms with Crippen LogP contribution in [0, 0.1) is 34.0 Å².